The van der Waals surface area contributed by atoms with Crippen LogP contribution in [-0.4, -0.2) is 39.7 Å². The number of nitrogens with one attached hydrogen (secondary N) is 3. The molecule has 3 N–H and O–H groups in total. The summed E-state index contributed by atoms with van der Waals surface area (Å²) in [7, 11) is 0. The fraction of sp³-hybridized carbons (Fsp3) is 0.190. The first-order valence-corrected chi connectivity index (χ1v) is 9.04. The van der Waals surface area contributed by atoms with E-state index in [0.29, 0.717) is 18.8 Å². The molecule has 2 heterocycles. The average Bonchev–Trinajstić information content (AvgIpc) is 3.32. The van der Waals surface area contributed by atoms with Crippen molar-refractivity contribution < 1.29 is 9.59 Å². The molecule has 0 saturated heterocycles. The largest absolute Gasteiger partial charge is 0.351 e. The van der Waals surface area contributed by atoms with Crippen molar-refractivity contribution in [3.8, 4) is 5.69 Å². The van der Waals surface area contributed by atoms with Crippen molar-refractivity contribution in [1.29, 1.82) is 0 Å². The number of hydrogen-bond acceptors (Lipinski definition) is 3. The Hall–Kier alpha value is -3.61. The molecule has 28 heavy (non-hydrogen) atoms. The van der Waals surface area contributed by atoms with E-state index >= 15 is 0 Å². The minimum absolute atomic E-state index is 0.208. The molecule has 0 aliphatic heterocycles. The van der Waals surface area contributed by atoms with E-state index < -0.39 is 0 Å². The number of carbonyl (C=O) groups excluding carboxylic acids is 2. The van der Waals surface area contributed by atoms with Crippen LogP contribution in [0.15, 0.2) is 54.7 Å². The van der Waals surface area contributed by atoms with Gasteiger partial charge in [-0.2, -0.15) is 5.10 Å². The zero-order valence-electron chi connectivity index (χ0n) is 15.9. The molecule has 0 spiro atoms. The van der Waals surface area contributed by atoms with Gasteiger partial charge in [-0.15, -0.1) is 0 Å². The Morgan fingerprint density at radius 2 is 1.86 bits per heavy atom. The van der Waals surface area contributed by atoms with Crippen LogP contribution in [0.1, 0.15) is 27.4 Å². The van der Waals surface area contributed by atoms with E-state index in [2.05, 4.69) is 43.6 Å². The molecule has 0 aliphatic rings. The average molecular weight is 377 g/mol. The number of para-hydroxylation sites is 1. The van der Waals surface area contributed by atoms with Crippen LogP contribution in [0, 0.1) is 13.8 Å². The molecule has 2 amide bonds. The van der Waals surface area contributed by atoms with Crippen LogP contribution in [0.2, 0.25) is 0 Å². The molecule has 3 aromatic rings. The third-order valence-corrected chi connectivity index (χ3v) is 4.35. The highest BCUT2D eigenvalue weighted by Crippen LogP contribution is 2.21. The molecule has 2 aromatic heterocycles. The van der Waals surface area contributed by atoms with Gasteiger partial charge in [0, 0.05) is 42.4 Å². The smallest absolute Gasteiger partial charge is 0.269 e. The minimum Gasteiger partial charge on any atom is -0.351 e. The predicted molar refractivity (Wildman–Crippen MR) is 108 cm³/mol. The molecular formula is C21H23N5O2. The monoisotopic (exact) mass is 377 g/mol. The summed E-state index contributed by atoms with van der Waals surface area (Å²) >= 11 is 0. The van der Waals surface area contributed by atoms with Crippen LogP contribution < -0.4 is 10.6 Å². The molecule has 1 aromatic carbocycles. The van der Waals surface area contributed by atoms with Crippen molar-refractivity contribution >= 4 is 17.9 Å². The number of aromatic nitrogens is 3. The molecule has 144 valence electrons. The lowest BCUT2D eigenvalue weighted by Gasteiger charge is -2.09. The highest BCUT2D eigenvalue weighted by Gasteiger charge is 2.09. The number of carbonyl (C=O) groups is 2. The Labute approximate surface area is 163 Å². The van der Waals surface area contributed by atoms with Crippen molar-refractivity contribution in [2.75, 3.05) is 13.1 Å². The van der Waals surface area contributed by atoms with Crippen LogP contribution in [-0.2, 0) is 4.79 Å². The topological polar surface area (TPSA) is 91.8 Å². The van der Waals surface area contributed by atoms with Gasteiger partial charge in [-0.05, 0) is 49.8 Å². The number of nitrogens with zero attached hydrogens (tertiary/aromatic N) is 2. The van der Waals surface area contributed by atoms with Crippen molar-refractivity contribution in [3.05, 3.63) is 77.4 Å². The van der Waals surface area contributed by atoms with Crippen LogP contribution >= 0.6 is 0 Å². The molecule has 0 unspecified atom stereocenters. The van der Waals surface area contributed by atoms with Gasteiger partial charge in [-0.25, -0.2) is 0 Å². The fourth-order valence-electron chi connectivity index (χ4n) is 2.99. The maximum absolute atomic E-state index is 12.0. The van der Waals surface area contributed by atoms with Crippen LogP contribution in [0.5, 0.6) is 0 Å². The number of hydrogen-bond donors (Lipinski definition) is 3. The fourth-order valence-corrected chi connectivity index (χ4v) is 2.99. The Morgan fingerprint density at radius 3 is 2.57 bits per heavy atom. The third kappa shape index (κ3) is 4.56. The first-order chi connectivity index (χ1) is 13.6. The van der Waals surface area contributed by atoms with E-state index in [1.54, 1.807) is 12.1 Å². The Bertz CT molecular complexity index is 972. The summed E-state index contributed by atoms with van der Waals surface area (Å²) in [5, 5.41) is 11.8. The van der Waals surface area contributed by atoms with Crippen molar-refractivity contribution in [2.24, 2.45) is 0 Å². The molecular weight excluding hydrogens is 354 g/mol. The predicted octanol–water partition coefficient (Wildman–Crippen LogP) is 2.38. The lowest BCUT2D eigenvalue weighted by molar-refractivity contribution is -0.116. The second-order valence-electron chi connectivity index (χ2n) is 6.35. The number of H-pyrrole nitrogens is 1. The zero-order valence-corrected chi connectivity index (χ0v) is 15.9. The van der Waals surface area contributed by atoms with Crippen LogP contribution in [0.25, 0.3) is 11.8 Å². The van der Waals surface area contributed by atoms with Gasteiger partial charge >= 0.3 is 0 Å². The molecule has 0 aliphatic carbocycles. The van der Waals surface area contributed by atoms with E-state index in [1.165, 1.54) is 12.3 Å². The van der Waals surface area contributed by atoms with Gasteiger partial charge in [0.15, 0.2) is 0 Å². The maximum atomic E-state index is 12.0. The number of amides is 2. The second-order valence-corrected chi connectivity index (χ2v) is 6.35. The molecule has 3 rings (SSSR count). The van der Waals surface area contributed by atoms with Gasteiger partial charge in [0.25, 0.3) is 5.91 Å². The molecule has 0 fully saturated rings. The standard InChI is InChI=1S/C21H23N5O2/c1-15-14-17(16(2)26(15)18-6-4-3-5-7-18)8-9-20(27)22-12-13-23-21(28)19-10-11-24-25-19/h3-11,14H,12-13H2,1-2H3,(H,22,27)(H,23,28)(H,24,25)/b9-8+. The Morgan fingerprint density at radius 1 is 1.11 bits per heavy atom. The first kappa shape index (κ1) is 19.2. The Kier molecular flexibility index (Phi) is 6.06. The highest BCUT2D eigenvalue weighted by molar-refractivity contribution is 5.93. The normalized spacial score (nSPS) is 10.9. The number of aromatic amines is 1. The maximum Gasteiger partial charge on any atom is 0.269 e. The van der Waals surface area contributed by atoms with Gasteiger partial charge in [0.05, 0.1) is 0 Å². The molecule has 0 radical (unpaired) electrons. The summed E-state index contributed by atoms with van der Waals surface area (Å²) in [5.74, 6) is -0.462. The van der Waals surface area contributed by atoms with Gasteiger partial charge < -0.3 is 15.2 Å². The molecule has 0 atom stereocenters. The van der Waals surface area contributed by atoms with E-state index in [-0.39, 0.29) is 11.8 Å². The lowest BCUT2D eigenvalue weighted by atomic mass is 10.2. The summed E-state index contributed by atoms with van der Waals surface area (Å²) in [6.07, 6.45) is 4.82. The zero-order chi connectivity index (χ0) is 19.9. The van der Waals surface area contributed by atoms with Crippen molar-refractivity contribution in [2.45, 2.75) is 13.8 Å². The van der Waals surface area contributed by atoms with E-state index in [4.69, 9.17) is 0 Å². The van der Waals surface area contributed by atoms with E-state index in [1.807, 2.05) is 32.0 Å². The van der Waals surface area contributed by atoms with Gasteiger partial charge in [-0.1, -0.05) is 18.2 Å². The van der Waals surface area contributed by atoms with E-state index in [9.17, 15) is 9.59 Å². The Balaban J connectivity index is 1.52. The molecule has 0 bridgehead atoms. The summed E-state index contributed by atoms with van der Waals surface area (Å²) < 4.78 is 2.16. The highest BCUT2D eigenvalue weighted by atomic mass is 16.2. The summed E-state index contributed by atoms with van der Waals surface area (Å²) in [4.78, 5) is 23.8. The van der Waals surface area contributed by atoms with Crippen molar-refractivity contribution in [3.63, 3.8) is 0 Å². The SMILES string of the molecule is Cc1cc(/C=C/C(=O)NCCNC(=O)c2ccn[nH]2)c(C)n1-c1ccccc1. The third-order valence-electron chi connectivity index (χ3n) is 4.35. The van der Waals surface area contributed by atoms with Crippen molar-refractivity contribution in [1.82, 2.24) is 25.4 Å². The van der Waals surface area contributed by atoms with Gasteiger partial charge in [-0.3, -0.25) is 14.7 Å². The van der Waals surface area contributed by atoms with Gasteiger partial charge in [0.1, 0.15) is 5.69 Å². The minimum atomic E-state index is -0.254. The summed E-state index contributed by atoms with van der Waals surface area (Å²) in [6.45, 7) is 4.74. The van der Waals surface area contributed by atoms with Crippen LogP contribution in [0.3, 0.4) is 0 Å². The molecule has 0 saturated carbocycles. The van der Waals surface area contributed by atoms with E-state index in [0.717, 1.165) is 22.6 Å². The molecule has 7 heteroatoms. The number of aryl methyl sites for hydroxylation is 1. The number of benzene rings is 1. The van der Waals surface area contributed by atoms with Crippen LogP contribution in [0.4, 0.5) is 0 Å². The quantitative estimate of drug-likeness (QED) is 0.436. The number of rotatable bonds is 7. The first-order valence-electron chi connectivity index (χ1n) is 9.04. The summed E-state index contributed by atoms with van der Waals surface area (Å²) in [6, 6.07) is 13.7. The molecule has 7 nitrogen and oxygen atoms in total. The second kappa shape index (κ2) is 8.85. The summed E-state index contributed by atoms with van der Waals surface area (Å²) in [5.41, 5.74) is 4.64. The lowest BCUT2D eigenvalue weighted by Crippen LogP contribution is -2.34. The van der Waals surface area contributed by atoms with Gasteiger partial charge in [0.2, 0.25) is 5.91 Å².